The van der Waals surface area contributed by atoms with Gasteiger partial charge in [-0.3, -0.25) is 4.79 Å². The molecule has 0 amide bonds. The highest BCUT2D eigenvalue weighted by atomic mass is 127. The second kappa shape index (κ2) is 4.53. The third-order valence-corrected chi connectivity index (χ3v) is 3.01. The fourth-order valence-corrected chi connectivity index (χ4v) is 2.43. The van der Waals surface area contributed by atoms with Gasteiger partial charge in [0, 0.05) is 14.7 Å². The summed E-state index contributed by atoms with van der Waals surface area (Å²) in [6.45, 7) is 1.30. The van der Waals surface area contributed by atoms with Gasteiger partial charge in [0.1, 0.15) is 0 Å². The quantitative estimate of drug-likeness (QED) is 0.590. The van der Waals surface area contributed by atoms with Gasteiger partial charge in [-0.15, -0.1) is 0 Å². The molecule has 0 aliphatic heterocycles. The van der Waals surface area contributed by atoms with E-state index in [2.05, 4.69) is 0 Å². The molecule has 0 aliphatic rings. The molecule has 0 spiro atoms. The van der Waals surface area contributed by atoms with Crippen LogP contribution >= 0.6 is 34.2 Å². The van der Waals surface area contributed by atoms with Gasteiger partial charge in [0.25, 0.3) is 6.43 Å². The highest BCUT2D eigenvalue weighted by molar-refractivity contribution is 14.1. The molecule has 0 radical (unpaired) electrons. The lowest BCUT2D eigenvalue weighted by Crippen LogP contribution is -2.00. The highest BCUT2D eigenvalue weighted by Gasteiger charge is 2.19. The Morgan fingerprint density at radius 2 is 2.07 bits per heavy atom. The Morgan fingerprint density at radius 3 is 2.50 bits per heavy atom. The summed E-state index contributed by atoms with van der Waals surface area (Å²) in [6.07, 6.45) is -2.66. The molecule has 0 unspecified atom stereocenters. The zero-order chi connectivity index (χ0) is 10.9. The van der Waals surface area contributed by atoms with Crippen LogP contribution in [0.3, 0.4) is 0 Å². The molecular formula is C9H6ClF2IO. The van der Waals surface area contributed by atoms with Crippen molar-refractivity contribution in [2.24, 2.45) is 0 Å². The van der Waals surface area contributed by atoms with Crippen LogP contribution in [0.15, 0.2) is 12.1 Å². The molecule has 1 nitrogen and oxygen atoms in total. The molecule has 0 saturated carbocycles. The summed E-state index contributed by atoms with van der Waals surface area (Å²) >= 11 is 7.59. The van der Waals surface area contributed by atoms with Crippen LogP contribution in [0.5, 0.6) is 0 Å². The molecule has 76 valence electrons. The van der Waals surface area contributed by atoms with Crippen LogP contribution in [0.1, 0.15) is 29.3 Å². The molecule has 1 rings (SSSR count). The first-order valence-electron chi connectivity index (χ1n) is 3.72. The van der Waals surface area contributed by atoms with Crippen LogP contribution in [0, 0.1) is 3.57 Å². The summed E-state index contributed by atoms with van der Waals surface area (Å²) in [5.41, 5.74) is -0.123. The summed E-state index contributed by atoms with van der Waals surface area (Å²) in [4.78, 5) is 11.1. The van der Waals surface area contributed by atoms with Gasteiger partial charge in [-0.05, 0) is 35.6 Å². The molecule has 0 saturated heterocycles. The maximum Gasteiger partial charge on any atom is 0.265 e. The lowest BCUT2D eigenvalue weighted by Gasteiger charge is -2.08. The minimum Gasteiger partial charge on any atom is -0.294 e. The Hall–Kier alpha value is -0.230. The zero-order valence-corrected chi connectivity index (χ0v) is 10.1. The van der Waals surface area contributed by atoms with Crippen molar-refractivity contribution in [3.63, 3.8) is 0 Å². The van der Waals surface area contributed by atoms with Gasteiger partial charge in [-0.25, -0.2) is 8.78 Å². The third-order valence-electron chi connectivity index (χ3n) is 1.71. The minimum atomic E-state index is -2.66. The van der Waals surface area contributed by atoms with Gasteiger partial charge in [0.2, 0.25) is 0 Å². The molecule has 5 heteroatoms. The second-order valence-corrected chi connectivity index (χ2v) is 4.22. The minimum absolute atomic E-state index is 0.139. The van der Waals surface area contributed by atoms with E-state index in [1.165, 1.54) is 19.1 Å². The number of ketones is 1. The fraction of sp³-hybridized carbons (Fsp3) is 0.222. The maximum atomic E-state index is 12.4. The standard InChI is InChI=1S/C9H6ClF2IO/c1-4(14)7-6(13)3-2-5(8(7)10)9(11)12/h2-3,9H,1H3. The Labute approximate surface area is 98.6 Å². The van der Waals surface area contributed by atoms with E-state index >= 15 is 0 Å². The Bertz CT molecular complexity index is 379. The van der Waals surface area contributed by atoms with E-state index < -0.39 is 6.43 Å². The SMILES string of the molecule is CC(=O)c1c(I)ccc(C(F)F)c1Cl. The van der Waals surface area contributed by atoms with Gasteiger partial charge in [-0.2, -0.15) is 0 Å². The Kier molecular flexibility index (Phi) is 3.83. The number of Topliss-reactive ketones (excluding diaryl/α,β-unsaturated/α-hetero) is 1. The lowest BCUT2D eigenvalue weighted by molar-refractivity contribution is 0.101. The summed E-state index contributed by atoms with van der Waals surface area (Å²) in [7, 11) is 0. The third kappa shape index (κ3) is 2.23. The molecule has 0 fully saturated rings. The Morgan fingerprint density at radius 1 is 1.50 bits per heavy atom. The van der Waals surface area contributed by atoms with E-state index in [4.69, 9.17) is 11.6 Å². The number of hydrogen-bond donors (Lipinski definition) is 0. The number of halogens is 4. The normalized spacial score (nSPS) is 10.7. The Balaban J connectivity index is 3.41. The largest absolute Gasteiger partial charge is 0.294 e. The molecule has 14 heavy (non-hydrogen) atoms. The van der Waals surface area contributed by atoms with Crippen molar-refractivity contribution >= 4 is 40.0 Å². The summed E-state index contributed by atoms with van der Waals surface area (Å²) in [6, 6.07) is 2.70. The number of benzene rings is 1. The van der Waals surface area contributed by atoms with Gasteiger partial charge in [0.15, 0.2) is 5.78 Å². The van der Waals surface area contributed by atoms with Crippen LogP contribution in [0.4, 0.5) is 8.78 Å². The van der Waals surface area contributed by atoms with Crippen LogP contribution in [-0.2, 0) is 0 Å². The number of carbonyl (C=O) groups is 1. The molecule has 0 aromatic heterocycles. The molecule has 1 aromatic carbocycles. The van der Waals surface area contributed by atoms with Gasteiger partial charge in [0.05, 0.1) is 5.02 Å². The van der Waals surface area contributed by atoms with Gasteiger partial charge >= 0.3 is 0 Å². The number of hydrogen-bond acceptors (Lipinski definition) is 1. The van der Waals surface area contributed by atoms with Crippen LogP contribution in [0.25, 0.3) is 0 Å². The first-order chi connectivity index (χ1) is 6.45. The topological polar surface area (TPSA) is 17.1 Å². The van der Waals surface area contributed by atoms with Crippen molar-refractivity contribution in [2.75, 3.05) is 0 Å². The van der Waals surface area contributed by atoms with Crippen molar-refractivity contribution in [3.8, 4) is 0 Å². The predicted molar refractivity (Wildman–Crippen MR) is 59.1 cm³/mol. The maximum absolute atomic E-state index is 12.4. The van der Waals surface area contributed by atoms with E-state index in [0.717, 1.165) is 0 Å². The average Bonchev–Trinajstić information content (AvgIpc) is 2.02. The molecule has 0 bridgehead atoms. The molecule has 0 aliphatic carbocycles. The summed E-state index contributed by atoms with van der Waals surface area (Å²) < 4.78 is 25.4. The van der Waals surface area contributed by atoms with Crippen molar-refractivity contribution < 1.29 is 13.6 Å². The van der Waals surface area contributed by atoms with E-state index in [0.29, 0.717) is 3.57 Å². The molecule has 0 atom stereocenters. The van der Waals surface area contributed by atoms with Crippen molar-refractivity contribution in [3.05, 3.63) is 31.9 Å². The predicted octanol–water partition coefficient (Wildman–Crippen LogP) is 4.08. The first kappa shape index (κ1) is 11.8. The van der Waals surface area contributed by atoms with Gasteiger partial charge < -0.3 is 0 Å². The van der Waals surface area contributed by atoms with E-state index in [-0.39, 0.29) is 21.9 Å². The zero-order valence-electron chi connectivity index (χ0n) is 7.15. The fourth-order valence-electron chi connectivity index (χ4n) is 1.06. The average molecular weight is 330 g/mol. The van der Waals surface area contributed by atoms with Crippen LogP contribution in [0.2, 0.25) is 5.02 Å². The monoisotopic (exact) mass is 330 g/mol. The lowest BCUT2D eigenvalue weighted by atomic mass is 10.1. The van der Waals surface area contributed by atoms with Crippen molar-refractivity contribution in [1.82, 2.24) is 0 Å². The molecule has 1 aromatic rings. The first-order valence-corrected chi connectivity index (χ1v) is 5.17. The van der Waals surface area contributed by atoms with Crippen LogP contribution in [-0.4, -0.2) is 5.78 Å². The highest BCUT2D eigenvalue weighted by Crippen LogP contribution is 2.32. The molecule has 0 N–H and O–H groups in total. The second-order valence-electron chi connectivity index (χ2n) is 2.68. The van der Waals surface area contributed by atoms with E-state index in [1.54, 1.807) is 0 Å². The van der Waals surface area contributed by atoms with E-state index in [1.807, 2.05) is 22.6 Å². The van der Waals surface area contributed by atoms with Crippen LogP contribution < -0.4 is 0 Å². The molecule has 0 heterocycles. The number of carbonyl (C=O) groups excluding carboxylic acids is 1. The van der Waals surface area contributed by atoms with E-state index in [9.17, 15) is 13.6 Å². The number of alkyl halides is 2. The molecular weight excluding hydrogens is 324 g/mol. The summed E-state index contributed by atoms with van der Waals surface area (Å²) in [5.74, 6) is -0.304. The number of rotatable bonds is 2. The summed E-state index contributed by atoms with van der Waals surface area (Å²) in [5, 5.41) is -0.139. The van der Waals surface area contributed by atoms with Crippen molar-refractivity contribution in [1.29, 1.82) is 0 Å². The smallest absolute Gasteiger partial charge is 0.265 e. The van der Waals surface area contributed by atoms with Crippen molar-refractivity contribution in [2.45, 2.75) is 13.3 Å². The van der Waals surface area contributed by atoms with Gasteiger partial charge in [-0.1, -0.05) is 17.7 Å².